The van der Waals surface area contributed by atoms with Crippen molar-refractivity contribution in [1.82, 2.24) is 14.7 Å². The third-order valence-corrected chi connectivity index (χ3v) is 5.87. The van der Waals surface area contributed by atoms with Gasteiger partial charge in [0.15, 0.2) is 0 Å². The number of nitrogens with zero attached hydrogens (tertiary/aromatic N) is 3. The van der Waals surface area contributed by atoms with Crippen LogP contribution in [-0.4, -0.2) is 41.3 Å². The summed E-state index contributed by atoms with van der Waals surface area (Å²) in [7, 11) is 0. The van der Waals surface area contributed by atoms with E-state index in [9.17, 15) is 0 Å². The smallest absolute Gasteiger partial charge is 0.126 e. The molecule has 1 unspecified atom stereocenters. The van der Waals surface area contributed by atoms with E-state index in [1.54, 1.807) is 0 Å². The number of rotatable bonds is 2. The molecule has 2 aliphatic rings. The molecule has 21 heavy (non-hydrogen) atoms. The van der Waals surface area contributed by atoms with E-state index in [1.807, 2.05) is 6.20 Å². The molecule has 2 fully saturated rings. The monoisotopic (exact) mass is 302 g/mol. The molecule has 0 spiro atoms. The number of fused-ring (bicyclic) bond motifs is 1. The van der Waals surface area contributed by atoms with Crippen LogP contribution in [0.15, 0.2) is 24.5 Å². The largest absolute Gasteiger partial charge is 0.369 e. The van der Waals surface area contributed by atoms with Gasteiger partial charge in [-0.1, -0.05) is 6.42 Å². The highest BCUT2D eigenvalue weighted by Gasteiger charge is 2.20. The zero-order valence-corrected chi connectivity index (χ0v) is 13.1. The van der Waals surface area contributed by atoms with Gasteiger partial charge in [0.25, 0.3) is 0 Å². The molecule has 0 bridgehead atoms. The number of thioether (sulfide) groups is 1. The van der Waals surface area contributed by atoms with Gasteiger partial charge in [0.2, 0.25) is 0 Å². The number of imidazole rings is 1. The fourth-order valence-electron chi connectivity index (χ4n) is 3.31. The minimum Gasteiger partial charge on any atom is -0.369 e. The summed E-state index contributed by atoms with van der Waals surface area (Å²) in [6.45, 7) is 4.34. The maximum absolute atomic E-state index is 4.72. The SMILES string of the molecule is c1cn2c(C3CCCCS3)ncc2cc1N1CCNCC1. The van der Waals surface area contributed by atoms with E-state index in [0.717, 1.165) is 26.2 Å². The van der Waals surface area contributed by atoms with Gasteiger partial charge in [-0.2, -0.15) is 11.8 Å². The van der Waals surface area contributed by atoms with Gasteiger partial charge >= 0.3 is 0 Å². The van der Waals surface area contributed by atoms with Gasteiger partial charge in [-0.05, 0) is 30.7 Å². The van der Waals surface area contributed by atoms with Crippen LogP contribution in [0.2, 0.25) is 0 Å². The fraction of sp³-hybridized carbons (Fsp3) is 0.562. The molecule has 4 nitrogen and oxygen atoms in total. The normalized spacial score (nSPS) is 23.6. The van der Waals surface area contributed by atoms with Crippen molar-refractivity contribution < 1.29 is 0 Å². The van der Waals surface area contributed by atoms with E-state index in [0.29, 0.717) is 5.25 Å². The molecule has 1 atom stereocenters. The average molecular weight is 302 g/mol. The molecule has 112 valence electrons. The lowest BCUT2D eigenvalue weighted by atomic mass is 10.2. The molecule has 2 aromatic rings. The minimum atomic E-state index is 0.575. The van der Waals surface area contributed by atoms with Crippen LogP contribution in [0.25, 0.3) is 5.52 Å². The lowest BCUT2D eigenvalue weighted by Crippen LogP contribution is -2.43. The van der Waals surface area contributed by atoms with E-state index in [2.05, 4.69) is 44.7 Å². The molecule has 1 N–H and O–H groups in total. The first-order valence-corrected chi connectivity index (χ1v) is 9.01. The summed E-state index contributed by atoms with van der Waals surface area (Å²) in [4.78, 5) is 7.17. The molecule has 0 amide bonds. The number of anilines is 1. The summed E-state index contributed by atoms with van der Waals surface area (Å²) >= 11 is 2.07. The molecule has 4 rings (SSSR count). The van der Waals surface area contributed by atoms with Gasteiger partial charge in [-0.3, -0.25) is 0 Å². The van der Waals surface area contributed by atoms with E-state index in [4.69, 9.17) is 4.98 Å². The van der Waals surface area contributed by atoms with E-state index in [1.165, 1.54) is 42.0 Å². The Kier molecular flexibility index (Phi) is 3.78. The number of hydrogen-bond acceptors (Lipinski definition) is 4. The van der Waals surface area contributed by atoms with E-state index < -0.39 is 0 Å². The Labute approximate surface area is 129 Å². The molecular formula is C16H22N4S. The molecule has 0 aromatic carbocycles. The van der Waals surface area contributed by atoms with E-state index >= 15 is 0 Å². The van der Waals surface area contributed by atoms with Crippen LogP contribution < -0.4 is 10.2 Å². The Morgan fingerprint density at radius 3 is 2.95 bits per heavy atom. The van der Waals surface area contributed by atoms with E-state index in [-0.39, 0.29) is 0 Å². The van der Waals surface area contributed by atoms with Crippen LogP contribution in [-0.2, 0) is 0 Å². The molecule has 2 aromatic heterocycles. The lowest BCUT2D eigenvalue weighted by Gasteiger charge is -2.29. The zero-order chi connectivity index (χ0) is 14.1. The Bertz CT molecular complexity index is 612. The van der Waals surface area contributed by atoms with Crippen molar-refractivity contribution in [2.24, 2.45) is 0 Å². The third kappa shape index (κ3) is 2.64. The fourth-order valence-corrected chi connectivity index (χ4v) is 4.62. The topological polar surface area (TPSA) is 32.6 Å². The number of pyridine rings is 1. The van der Waals surface area contributed by atoms with Crippen molar-refractivity contribution in [3.63, 3.8) is 0 Å². The van der Waals surface area contributed by atoms with Gasteiger partial charge in [-0.25, -0.2) is 4.98 Å². The Morgan fingerprint density at radius 1 is 1.24 bits per heavy atom. The van der Waals surface area contributed by atoms with Crippen LogP contribution in [0.5, 0.6) is 0 Å². The van der Waals surface area contributed by atoms with Crippen molar-refractivity contribution in [2.45, 2.75) is 24.5 Å². The first-order chi connectivity index (χ1) is 10.4. The van der Waals surface area contributed by atoms with Gasteiger partial charge < -0.3 is 14.6 Å². The first kappa shape index (κ1) is 13.5. The molecule has 0 saturated carbocycles. The second kappa shape index (κ2) is 5.89. The van der Waals surface area contributed by atoms with Crippen molar-refractivity contribution in [2.75, 3.05) is 36.8 Å². The van der Waals surface area contributed by atoms with Crippen molar-refractivity contribution >= 4 is 23.0 Å². The molecule has 2 saturated heterocycles. The summed E-state index contributed by atoms with van der Waals surface area (Å²) in [5.41, 5.74) is 2.55. The molecule has 0 aliphatic carbocycles. The summed E-state index contributed by atoms with van der Waals surface area (Å²) in [5.74, 6) is 2.51. The summed E-state index contributed by atoms with van der Waals surface area (Å²) in [6, 6.07) is 4.53. The maximum atomic E-state index is 4.72. The molecule has 4 heterocycles. The molecular weight excluding hydrogens is 280 g/mol. The molecule has 0 radical (unpaired) electrons. The maximum Gasteiger partial charge on any atom is 0.126 e. The summed E-state index contributed by atoms with van der Waals surface area (Å²) in [5, 5.41) is 3.98. The average Bonchev–Trinajstić information content (AvgIpc) is 2.99. The number of hydrogen-bond donors (Lipinski definition) is 1. The molecule has 2 aliphatic heterocycles. The second-order valence-electron chi connectivity index (χ2n) is 5.89. The molecule has 5 heteroatoms. The highest BCUT2D eigenvalue weighted by molar-refractivity contribution is 7.99. The number of nitrogens with one attached hydrogen (secondary N) is 1. The van der Waals surface area contributed by atoms with Crippen LogP contribution >= 0.6 is 11.8 Å². The predicted molar refractivity (Wildman–Crippen MR) is 89.3 cm³/mol. The zero-order valence-electron chi connectivity index (χ0n) is 12.3. The lowest BCUT2D eigenvalue weighted by molar-refractivity contribution is 0.589. The van der Waals surface area contributed by atoms with Gasteiger partial charge in [0.1, 0.15) is 5.82 Å². The first-order valence-electron chi connectivity index (χ1n) is 7.96. The van der Waals surface area contributed by atoms with Gasteiger partial charge in [-0.15, -0.1) is 0 Å². The van der Waals surface area contributed by atoms with Gasteiger partial charge in [0, 0.05) is 38.1 Å². The van der Waals surface area contributed by atoms with Crippen LogP contribution in [0.4, 0.5) is 5.69 Å². The van der Waals surface area contributed by atoms with Crippen LogP contribution in [0.3, 0.4) is 0 Å². The van der Waals surface area contributed by atoms with Crippen LogP contribution in [0, 0.1) is 0 Å². The number of piperazine rings is 1. The highest BCUT2D eigenvalue weighted by Crippen LogP contribution is 2.38. The van der Waals surface area contributed by atoms with Crippen molar-refractivity contribution in [3.8, 4) is 0 Å². The predicted octanol–water partition coefficient (Wildman–Crippen LogP) is 2.70. The highest BCUT2D eigenvalue weighted by atomic mass is 32.2. The minimum absolute atomic E-state index is 0.575. The quantitative estimate of drug-likeness (QED) is 0.924. The Hall–Kier alpha value is -1.20. The Morgan fingerprint density at radius 2 is 2.14 bits per heavy atom. The van der Waals surface area contributed by atoms with Crippen LogP contribution in [0.1, 0.15) is 30.3 Å². The van der Waals surface area contributed by atoms with Crippen molar-refractivity contribution in [3.05, 3.63) is 30.4 Å². The Balaban J connectivity index is 1.63. The summed E-state index contributed by atoms with van der Waals surface area (Å²) < 4.78 is 2.29. The van der Waals surface area contributed by atoms with Crippen molar-refractivity contribution in [1.29, 1.82) is 0 Å². The third-order valence-electron chi connectivity index (χ3n) is 4.49. The second-order valence-corrected chi connectivity index (χ2v) is 7.20. The van der Waals surface area contributed by atoms with Gasteiger partial charge in [0.05, 0.1) is 17.0 Å². The standard InChI is InChI=1S/C16H22N4S/c1-2-10-21-15(3-1)16-18-12-14-11-13(4-7-20(14)16)19-8-5-17-6-9-19/h4,7,11-12,15,17H,1-3,5-6,8-10H2. The summed E-state index contributed by atoms with van der Waals surface area (Å²) in [6.07, 6.45) is 8.22. The number of aromatic nitrogens is 2.